The lowest BCUT2D eigenvalue weighted by atomic mass is 10.1. The molecule has 0 aromatic heterocycles. The van der Waals surface area contributed by atoms with Crippen molar-refractivity contribution in [3.8, 4) is 5.75 Å². The molecule has 0 spiro atoms. The van der Waals surface area contributed by atoms with Gasteiger partial charge in [-0.15, -0.1) is 0 Å². The Hall–Kier alpha value is -1.31. The molecule has 0 aliphatic carbocycles. The molecule has 0 radical (unpaired) electrons. The van der Waals surface area contributed by atoms with Crippen molar-refractivity contribution in [2.45, 2.75) is 18.7 Å². The van der Waals surface area contributed by atoms with E-state index in [4.69, 9.17) is 20.2 Å². The van der Waals surface area contributed by atoms with Crippen LogP contribution < -0.4 is 10.1 Å². The van der Waals surface area contributed by atoms with Gasteiger partial charge in [-0.3, -0.25) is 4.79 Å². The quantitative estimate of drug-likeness (QED) is 0.601. The minimum Gasteiger partial charge on any atom is -0.482 e. The highest BCUT2D eigenvalue weighted by Gasteiger charge is 2.20. The number of aryl methyl sites for hydroxylation is 2. The summed E-state index contributed by atoms with van der Waals surface area (Å²) in [7, 11) is 2.97. The van der Waals surface area contributed by atoms with Crippen LogP contribution in [0, 0.1) is 13.8 Å². The zero-order valence-electron chi connectivity index (χ0n) is 12.1. The predicted octanol–water partition coefficient (Wildman–Crippen LogP) is 1.37. The maximum absolute atomic E-state index is 11.6. The van der Waals surface area contributed by atoms with Gasteiger partial charge in [0.1, 0.15) is 10.6 Å². The molecule has 0 saturated heterocycles. The molecule has 1 N–H and O–H groups in total. The molecule has 0 bridgehead atoms. The number of halogens is 1. The fourth-order valence-corrected chi connectivity index (χ4v) is 2.87. The van der Waals surface area contributed by atoms with Crippen molar-refractivity contribution in [3.63, 3.8) is 0 Å². The van der Waals surface area contributed by atoms with Crippen LogP contribution >= 0.6 is 10.7 Å². The summed E-state index contributed by atoms with van der Waals surface area (Å²) >= 11 is 0. The first kappa shape index (κ1) is 17.7. The maximum Gasteiger partial charge on any atom is 0.265 e. The molecular formula is C13H18ClNO5S. The van der Waals surface area contributed by atoms with Gasteiger partial charge in [0, 0.05) is 24.3 Å². The largest absolute Gasteiger partial charge is 0.482 e. The summed E-state index contributed by atoms with van der Waals surface area (Å²) in [6.07, 6.45) is 0. The van der Waals surface area contributed by atoms with Crippen molar-refractivity contribution in [1.82, 2.24) is 5.32 Å². The normalized spacial score (nSPS) is 11.2. The van der Waals surface area contributed by atoms with Crippen LogP contribution in [0.2, 0.25) is 0 Å². The van der Waals surface area contributed by atoms with E-state index in [9.17, 15) is 13.2 Å². The Balaban J connectivity index is 2.86. The molecule has 8 heteroatoms. The maximum atomic E-state index is 11.6. The van der Waals surface area contributed by atoms with E-state index < -0.39 is 9.05 Å². The van der Waals surface area contributed by atoms with Crippen LogP contribution in [0.15, 0.2) is 17.0 Å². The smallest absolute Gasteiger partial charge is 0.265 e. The number of benzene rings is 1. The lowest BCUT2D eigenvalue weighted by Gasteiger charge is -2.13. The molecule has 0 aliphatic heterocycles. The summed E-state index contributed by atoms with van der Waals surface area (Å²) in [5, 5.41) is 2.57. The molecular weight excluding hydrogens is 318 g/mol. The Morgan fingerprint density at radius 2 is 2.00 bits per heavy atom. The molecule has 0 unspecified atom stereocenters. The number of methoxy groups -OCH3 is 1. The van der Waals surface area contributed by atoms with Gasteiger partial charge in [-0.25, -0.2) is 8.42 Å². The van der Waals surface area contributed by atoms with Crippen molar-refractivity contribution in [3.05, 3.63) is 23.3 Å². The van der Waals surface area contributed by atoms with E-state index in [0.717, 1.165) is 5.56 Å². The molecule has 0 aliphatic rings. The van der Waals surface area contributed by atoms with E-state index in [-0.39, 0.29) is 23.2 Å². The van der Waals surface area contributed by atoms with Gasteiger partial charge in [0.05, 0.1) is 6.61 Å². The summed E-state index contributed by atoms with van der Waals surface area (Å²) in [5.74, 6) is -0.276. The number of carbonyl (C=O) groups is 1. The highest BCUT2D eigenvalue weighted by atomic mass is 35.7. The fourth-order valence-electron chi connectivity index (χ4n) is 1.76. The third-order valence-corrected chi connectivity index (χ3v) is 3.95. The van der Waals surface area contributed by atoms with Gasteiger partial charge in [0.25, 0.3) is 15.0 Å². The summed E-state index contributed by atoms with van der Waals surface area (Å²) in [4.78, 5) is 11.4. The van der Waals surface area contributed by atoms with Crippen molar-refractivity contribution in [1.29, 1.82) is 0 Å². The summed E-state index contributed by atoms with van der Waals surface area (Å²) in [5.41, 5.74) is 1.34. The number of ether oxygens (including phenoxy) is 2. The zero-order chi connectivity index (χ0) is 16.0. The lowest BCUT2D eigenvalue weighted by molar-refractivity contribution is -0.123. The molecule has 6 nitrogen and oxygen atoms in total. The third kappa shape index (κ3) is 5.53. The lowest BCUT2D eigenvalue weighted by Crippen LogP contribution is -2.31. The standard InChI is InChI=1S/C13H18ClNO5S/c1-9-6-10(2)13(11(7-9)21(14,17)18)20-8-12(16)15-4-5-19-3/h6-7H,4-5,8H2,1-3H3,(H,15,16). The van der Waals surface area contributed by atoms with Gasteiger partial charge in [0.2, 0.25) is 0 Å². The van der Waals surface area contributed by atoms with Gasteiger partial charge in [-0.2, -0.15) is 0 Å². The molecule has 0 heterocycles. The van der Waals surface area contributed by atoms with Crippen LogP contribution in [-0.4, -0.2) is 41.2 Å². The van der Waals surface area contributed by atoms with Crippen LogP contribution in [0.5, 0.6) is 5.75 Å². The zero-order valence-corrected chi connectivity index (χ0v) is 13.7. The van der Waals surface area contributed by atoms with E-state index in [1.807, 2.05) is 0 Å². The van der Waals surface area contributed by atoms with Crippen LogP contribution in [-0.2, 0) is 18.6 Å². The van der Waals surface area contributed by atoms with E-state index in [1.54, 1.807) is 19.9 Å². The van der Waals surface area contributed by atoms with E-state index in [1.165, 1.54) is 13.2 Å². The number of rotatable bonds is 7. The molecule has 0 atom stereocenters. The van der Waals surface area contributed by atoms with Crippen LogP contribution in [0.3, 0.4) is 0 Å². The van der Waals surface area contributed by atoms with Crippen molar-refractivity contribution >= 4 is 25.6 Å². The molecule has 0 saturated carbocycles. The van der Waals surface area contributed by atoms with Crippen molar-refractivity contribution in [2.75, 3.05) is 26.9 Å². The number of carbonyl (C=O) groups excluding carboxylic acids is 1. The molecule has 1 aromatic carbocycles. The molecule has 0 fully saturated rings. The summed E-state index contributed by atoms with van der Waals surface area (Å²) in [6, 6.07) is 3.16. The van der Waals surface area contributed by atoms with Gasteiger partial charge >= 0.3 is 0 Å². The Labute approximate surface area is 128 Å². The Morgan fingerprint density at radius 1 is 1.33 bits per heavy atom. The average molecular weight is 336 g/mol. The van der Waals surface area contributed by atoms with E-state index >= 15 is 0 Å². The number of amides is 1. The monoisotopic (exact) mass is 335 g/mol. The van der Waals surface area contributed by atoms with E-state index in [0.29, 0.717) is 18.7 Å². The predicted molar refractivity (Wildman–Crippen MR) is 79.3 cm³/mol. The Morgan fingerprint density at radius 3 is 2.57 bits per heavy atom. The molecule has 1 aromatic rings. The average Bonchev–Trinajstić information content (AvgIpc) is 2.36. The third-order valence-electron chi connectivity index (χ3n) is 2.62. The second-order valence-electron chi connectivity index (χ2n) is 4.48. The van der Waals surface area contributed by atoms with Gasteiger partial charge in [-0.1, -0.05) is 6.07 Å². The van der Waals surface area contributed by atoms with Gasteiger partial charge in [0.15, 0.2) is 6.61 Å². The van der Waals surface area contributed by atoms with Crippen molar-refractivity contribution in [2.24, 2.45) is 0 Å². The number of nitrogens with one attached hydrogen (secondary N) is 1. The molecule has 118 valence electrons. The van der Waals surface area contributed by atoms with Crippen LogP contribution in [0.1, 0.15) is 11.1 Å². The first-order valence-electron chi connectivity index (χ1n) is 6.20. The minimum absolute atomic E-state index is 0.0949. The minimum atomic E-state index is -3.95. The fraction of sp³-hybridized carbons (Fsp3) is 0.462. The second-order valence-corrected chi connectivity index (χ2v) is 7.01. The number of hydrogen-bond donors (Lipinski definition) is 1. The first-order valence-corrected chi connectivity index (χ1v) is 8.51. The summed E-state index contributed by atoms with van der Waals surface area (Å²) < 4.78 is 33.3. The van der Waals surface area contributed by atoms with Crippen molar-refractivity contribution < 1.29 is 22.7 Å². The van der Waals surface area contributed by atoms with E-state index in [2.05, 4.69) is 5.32 Å². The topological polar surface area (TPSA) is 81.7 Å². The van der Waals surface area contributed by atoms with Gasteiger partial charge < -0.3 is 14.8 Å². The van der Waals surface area contributed by atoms with Crippen LogP contribution in [0.4, 0.5) is 0 Å². The van der Waals surface area contributed by atoms with Crippen LogP contribution in [0.25, 0.3) is 0 Å². The molecule has 1 rings (SSSR count). The summed E-state index contributed by atoms with van der Waals surface area (Å²) in [6.45, 7) is 3.88. The first-order chi connectivity index (χ1) is 9.75. The SMILES string of the molecule is COCCNC(=O)COc1c(C)cc(C)cc1S(=O)(=O)Cl. The van der Waals surface area contributed by atoms with Gasteiger partial charge in [-0.05, 0) is 31.0 Å². The Bertz CT molecular complexity index is 615. The Kier molecular flexibility index (Phi) is 6.44. The number of hydrogen-bond acceptors (Lipinski definition) is 5. The molecule has 21 heavy (non-hydrogen) atoms. The highest BCUT2D eigenvalue weighted by Crippen LogP contribution is 2.31. The molecule has 1 amide bonds. The second kappa shape index (κ2) is 7.63. The highest BCUT2D eigenvalue weighted by molar-refractivity contribution is 8.13.